The van der Waals surface area contributed by atoms with E-state index in [1.165, 1.54) is 212 Å². The minimum Gasteiger partial charge on any atom is -0.462 e. The second-order valence-electron chi connectivity index (χ2n) is 21.3. The fourth-order valence-electron chi connectivity index (χ4n) is 9.15. The highest BCUT2D eigenvalue weighted by Crippen LogP contribution is 2.16. The quantitative estimate of drug-likeness (QED) is 0.0261. The summed E-state index contributed by atoms with van der Waals surface area (Å²) in [6.07, 6.45) is 77.8. The topological polar surface area (TPSA) is 78.9 Å². The van der Waals surface area contributed by atoms with E-state index < -0.39 is 6.10 Å². The number of rotatable bonds is 58. The summed E-state index contributed by atoms with van der Waals surface area (Å²) < 4.78 is 16.9. The summed E-state index contributed by atoms with van der Waals surface area (Å²) in [7, 11) is 0. The second kappa shape index (κ2) is 61.7. The van der Waals surface area contributed by atoms with Crippen LogP contribution in [0.25, 0.3) is 0 Å². The summed E-state index contributed by atoms with van der Waals surface area (Å²) >= 11 is 0. The van der Waals surface area contributed by atoms with E-state index in [0.29, 0.717) is 19.3 Å². The first-order valence-corrected chi connectivity index (χ1v) is 31.8. The lowest BCUT2D eigenvalue weighted by atomic mass is 10.1. The van der Waals surface area contributed by atoms with Crippen molar-refractivity contribution in [2.24, 2.45) is 0 Å². The monoisotopic (exact) mass is 1020 g/mol. The maximum atomic E-state index is 12.9. The predicted molar refractivity (Wildman–Crippen MR) is 316 cm³/mol. The first-order valence-electron chi connectivity index (χ1n) is 31.8. The molecule has 0 spiro atoms. The van der Waals surface area contributed by atoms with Gasteiger partial charge in [0.1, 0.15) is 13.2 Å². The van der Waals surface area contributed by atoms with E-state index in [1.54, 1.807) is 0 Å². The number of esters is 3. The molecule has 0 rings (SSSR count). The van der Waals surface area contributed by atoms with E-state index in [4.69, 9.17) is 14.2 Å². The van der Waals surface area contributed by atoms with Gasteiger partial charge in [-0.05, 0) is 109 Å². The maximum absolute atomic E-state index is 12.9. The molecule has 424 valence electrons. The van der Waals surface area contributed by atoms with Crippen LogP contribution in [0.2, 0.25) is 0 Å². The Hall–Kier alpha value is -2.89. The summed E-state index contributed by atoms with van der Waals surface area (Å²) in [5.74, 6) is -0.875. The lowest BCUT2D eigenvalue weighted by Gasteiger charge is -2.18. The van der Waals surface area contributed by atoms with E-state index in [1.807, 2.05) is 0 Å². The van der Waals surface area contributed by atoms with Crippen LogP contribution in [0.5, 0.6) is 0 Å². The Bertz CT molecular complexity index is 1310. The van der Waals surface area contributed by atoms with Gasteiger partial charge in [-0.2, -0.15) is 0 Å². The highest BCUT2D eigenvalue weighted by Gasteiger charge is 2.19. The lowest BCUT2D eigenvalue weighted by Crippen LogP contribution is -2.30. The number of carbonyl (C=O) groups excluding carboxylic acids is 3. The van der Waals surface area contributed by atoms with Crippen molar-refractivity contribution >= 4 is 17.9 Å². The zero-order valence-electron chi connectivity index (χ0n) is 48.7. The molecular formula is C67H120O6. The van der Waals surface area contributed by atoms with Crippen LogP contribution in [0.4, 0.5) is 0 Å². The van der Waals surface area contributed by atoms with Crippen LogP contribution in [-0.4, -0.2) is 37.2 Å². The number of ether oxygens (including phenoxy) is 3. The number of hydrogen-bond donors (Lipinski definition) is 0. The van der Waals surface area contributed by atoms with Gasteiger partial charge in [-0.3, -0.25) is 14.4 Å². The fraction of sp³-hybridized carbons (Fsp3) is 0.806. The molecule has 1 unspecified atom stereocenters. The Morgan fingerprint density at radius 3 is 0.795 bits per heavy atom. The first kappa shape index (κ1) is 70.1. The summed E-state index contributed by atoms with van der Waals surface area (Å²) in [4.78, 5) is 38.3. The van der Waals surface area contributed by atoms with Gasteiger partial charge in [0.25, 0.3) is 0 Å². The van der Waals surface area contributed by atoms with Gasteiger partial charge in [0.15, 0.2) is 6.10 Å². The molecule has 6 heteroatoms. The third kappa shape index (κ3) is 59.9. The molecule has 0 saturated carbocycles. The zero-order chi connectivity index (χ0) is 52.9. The van der Waals surface area contributed by atoms with Gasteiger partial charge in [-0.15, -0.1) is 0 Å². The van der Waals surface area contributed by atoms with E-state index in [2.05, 4.69) is 81.5 Å². The molecule has 0 aliphatic rings. The normalized spacial score (nSPS) is 12.4. The van der Waals surface area contributed by atoms with E-state index in [0.717, 1.165) is 77.0 Å². The average Bonchev–Trinajstić information content (AvgIpc) is 3.39. The van der Waals surface area contributed by atoms with Crippen molar-refractivity contribution in [1.82, 2.24) is 0 Å². The Morgan fingerprint density at radius 1 is 0.274 bits per heavy atom. The Morgan fingerprint density at radius 2 is 0.493 bits per heavy atom. The molecule has 0 heterocycles. The minimum absolute atomic E-state index is 0.0781. The van der Waals surface area contributed by atoms with E-state index >= 15 is 0 Å². The lowest BCUT2D eigenvalue weighted by molar-refractivity contribution is -0.167. The van der Waals surface area contributed by atoms with Crippen LogP contribution in [0.15, 0.2) is 60.8 Å². The van der Waals surface area contributed by atoms with Gasteiger partial charge in [0.05, 0.1) is 0 Å². The highest BCUT2D eigenvalue weighted by atomic mass is 16.6. The van der Waals surface area contributed by atoms with E-state index in [9.17, 15) is 14.4 Å². The van der Waals surface area contributed by atoms with Crippen molar-refractivity contribution in [2.75, 3.05) is 13.2 Å². The molecule has 0 amide bonds. The van der Waals surface area contributed by atoms with Crippen LogP contribution in [0.1, 0.15) is 329 Å². The van der Waals surface area contributed by atoms with Crippen molar-refractivity contribution in [2.45, 2.75) is 335 Å². The molecule has 0 saturated heterocycles. The number of carbonyl (C=O) groups is 3. The molecule has 0 aromatic rings. The molecule has 0 aromatic heterocycles. The van der Waals surface area contributed by atoms with Gasteiger partial charge in [0, 0.05) is 19.3 Å². The number of hydrogen-bond acceptors (Lipinski definition) is 6. The van der Waals surface area contributed by atoms with Crippen LogP contribution < -0.4 is 0 Å². The van der Waals surface area contributed by atoms with E-state index in [-0.39, 0.29) is 31.1 Å². The Kier molecular flexibility index (Phi) is 59.2. The van der Waals surface area contributed by atoms with Crippen molar-refractivity contribution in [3.63, 3.8) is 0 Å². The number of allylic oxidation sites excluding steroid dienone is 10. The maximum Gasteiger partial charge on any atom is 0.306 e. The zero-order valence-corrected chi connectivity index (χ0v) is 48.7. The first-order chi connectivity index (χ1) is 36.0. The summed E-state index contributed by atoms with van der Waals surface area (Å²) in [6.45, 7) is 6.62. The smallest absolute Gasteiger partial charge is 0.306 e. The summed E-state index contributed by atoms with van der Waals surface area (Å²) in [5, 5.41) is 0. The summed E-state index contributed by atoms with van der Waals surface area (Å²) in [6, 6.07) is 0. The van der Waals surface area contributed by atoms with Crippen molar-refractivity contribution in [3.05, 3.63) is 60.8 Å². The molecule has 0 aliphatic heterocycles. The standard InChI is InChI=1S/C67H120O6/c1-4-7-10-13-16-19-22-25-28-31-33-36-39-42-45-48-51-54-57-60-66(69)72-63-64(62-71-65(68)59-56-53-50-47-44-41-38-35-30-27-24-21-18-15-12-9-6-3)73-67(70)61-58-55-52-49-46-43-40-37-34-32-29-26-23-20-17-14-11-8-5-2/h16,18-19,21,25-30,64H,4-15,17,20,22-24,31-63H2,1-3H3/b19-16-,21-18-,28-25-,29-26-,30-27-. The van der Waals surface area contributed by atoms with Crippen LogP contribution >= 0.6 is 0 Å². The third-order valence-corrected chi connectivity index (χ3v) is 14.0. The van der Waals surface area contributed by atoms with Gasteiger partial charge >= 0.3 is 17.9 Å². The Balaban J connectivity index is 4.38. The molecular weight excluding hydrogens is 901 g/mol. The second-order valence-corrected chi connectivity index (χ2v) is 21.3. The predicted octanol–water partition coefficient (Wildman–Crippen LogP) is 21.6. The van der Waals surface area contributed by atoms with Gasteiger partial charge in [0.2, 0.25) is 0 Å². The highest BCUT2D eigenvalue weighted by molar-refractivity contribution is 5.71. The molecule has 6 nitrogen and oxygen atoms in total. The van der Waals surface area contributed by atoms with Gasteiger partial charge < -0.3 is 14.2 Å². The largest absolute Gasteiger partial charge is 0.462 e. The molecule has 1 atom stereocenters. The van der Waals surface area contributed by atoms with Crippen LogP contribution in [-0.2, 0) is 28.6 Å². The number of unbranched alkanes of at least 4 members (excludes halogenated alkanes) is 37. The van der Waals surface area contributed by atoms with Crippen molar-refractivity contribution in [3.8, 4) is 0 Å². The van der Waals surface area contributed by atoms with Gasteiger partial charge in [-0.25, -0.2) is 0 Å². The SMILES string of the molecule is CCCCC/C=C\C/C=C\CCCCCCCCCCCC(=O)OCC(COC(=O)CCCCCCCCC/C=C\C/C=C\CCCCC)OC(=O)CCCCCCCCCCC/C=C\CCCCCCCC. The molecule has 0 radical (unpaired) electrons. The van der Waals surface area contributed by atoms with Crippen LogP contribution in [0, 0.1) is 0 Å². The molecule has 0 aliphatic carbocycles. The minimum atomic E-state index is -0.781. The third-order valence-electron chi connectivity index (χ3n) is 14.0. The molecule has 73 heavy (non-hydrogen) atoms. The summed E-state index contributed by atoms with van der Waals surface area (Å²) in [5.41, 5.74) is 0. The van der Waals surface area contributed by atoms with Crippen LogP contribution in [0.3, 0.4) is 0 Å². The Labute approximate surface area is 453 Å². The molecule has 0 bridgehead atoms. The van der Waals surface area contributed by atoms with Crippen molar-refractivity contribution < 1.29 is 28.6 Å². The average molecular weight is 1020 g/mol. The molecule has 0 N–H and O–H groups in total. The fourth-order valence-corrected chi connectivity index (χ4v) is 9.15. The van der Waals surface area contributed by atoms with Gasteiger partial charge in [-0.1, -0.05) is 261 Å². The molecule has 0 fully saturated rings. The van der Waals surface area contributed by atoms with Crippen molar-refractivity contribution in [1.29, 1.82) is 0 Å². The molecule has 0 aromatic carbocycles.